The Morgan fingerprint density at radius 1 is 1.03 bits per heavy atom. The zero-order chi connectivity index (χ0) is 21.2. The highest BCUT2D eigenvalue weighted by molar-refractivity contribution is 7.99. The molecule has 0 atom stereocenters. The lowest BCUT2D eigenvalue weighted by Crippen LogP contribution is -2.41. The normalized spacial score (nSPS) is 10.1. The van der Waals surface area contributed by atoms with E-state index in [0.717, 1.165) is 0 Å². The van der Waals surface area contributed by atoms with Gasteiger partial charge in [0, 0.05) is 15.8 Å². The third kappa shape index (κ3) is 6.97. The molecular weight excluding hydrogens is 390 g/mol. The van der Waals surface area contributed by atoms with Gasteiger partial charge in [0.15, 0.2) is 6.61 Å². The van der Waals surface area contributed by atoms with Gasteiger partial charge in [0.05, 0.1) is 17.7 Å². The minimum Gasteiger partial charge on any atom is -0.452 e. The van der Waals surface area contributed by atoms with Gasteiger partial charge in [-0.3, -0.25) is 9.59 Å². The van der Waals surface area contributed by atoms with E-state index in [1.54, 1.807) is 42.5 Å². The van der Waals surface area contributed by atoms with Crippen molar-refractivity contribution in [1.29, 1.82) is 5.26 Å². The number of ether oxygens (including phenoxy) is 1. The zero-order valence-electron chi connectivity index (χ0n) is 16.1. The number of carbonyl (C=O) groups is 3. The Hall–Kier alpha value is -3.31. The lowest BCUT2D eigenvalue weighted by Gasteiger charge is -2.11. The molecule has 0 aliphatic heterocycles. The number of nitrogens with one attached hydrogen (secondary N) is 2. The van der Waals surface area contributed by atoms with Gasteiger partial charge < -0.3 is 15.4 Å². The molecule has 0 radical (unpaired) electrons. The third-order valence-corrected chi connectivity index (χ3v) is 4.72. The second-order valence-corrected chi connectivity index (χ2v) is 7.37. The summed E-state index contributed by atoms with van der Waals surface area (Å²) in [5, 5.41) is 14.3. The van der Waals surface area contributed by atoms with Crippen LogP contribution in [-0.2, 0) is 14.3 Å². The number of rotatable bonds is 8. The van der Waals surface area contributed by atoms with Crippen molar-refractivity contribution in [2.24, 2.45) is 0 Å². The molecule has 7 nitrogen and oxygen atoms in total. The second kappa shape index (κ2) is 10.9. The van der Waals surface area contributed by atoms with Gasteiger partial charge in [-0.15, -0.1) is 0 Å². The van der Waals surface area contributed by atoms with Gasteiger partial charge in [-0.25, -0.2) is 4.79 Å². The predicted octanol–water partition coefficient (Wildman–Crippen LogP) is 2.51. The Morgan fingerprint density at radius 3 is 2.38 bits per heavy atom. The Labute approximate surface area is 173 Å². The first-order chi connectivity index (χ1) is 13.9. The Kier molecular flexibility index (Phi) is 8.25. The molecule has 150 valence electrons. The lowest BCUT2D eigenvalue weighted by atomic mass is 10.2. The van der Waals surface area contributed by atoms with Crippen LogP contribution in [0.2, 0.25) is 0 Å². The predicted molar refractivity (Wildman–Crippen MR) is 108 cm³/mol. The van der Waals surface area contributed by atoms with Crippen molar-refractivity contribution in [3.8, 4) is 6.07 Å². The monoisotopic (exact) mass is 411 g/mol. The largest absolute Gasteiger partial charge is 0.452 e. The summed E-state index contributed by atoms with van der Waals surface area (Å²) in [6.07, 6.45) is 0. The summed E-state index contributed by atoms with van der Waals surface area (Å²) < 4.78 is 5.08. The Balaban J connectivity index is 1.97. The maximum atomic E-state index is 12.4. The zero-order valence-corrected chi connectivity index (χ0v) is 16.9. The molecule has 29 heavy (non-hydrogen) atoms. The first-order valence-corrected chi connectivity index (χ1v) is 9.71. The molecule has 0 saturated heterocycles. The van der Waals surface area contributed by atoms with Crippen LogP contribution in [0.1, 0.15) is 29.8 Å². The summed E-state index contributed by atoms with van der Waals surface area (Å²) in [5.74, 6) is -1.56. The molecule has 2 rings (SSSR count). The van der Waals surface area contributed by atoms with E-state index < -0.39 is 18.5 Å². The highest BCUT2D eigenvalue weighted by Crippen LogP contribution is 2.32. The van der Waals surface area contributed by atoms with Crippen LogP contribution in [0.3, 0.4) is 0 Å². The number of nitriles is 1. The number of hydrogen-bond donors (Lipinski definition) is 2. The van der Waals surface area contributed by atoms with Crippen LogP contribution in [-0.4, -0.2) is 37.0 Å². The number of esters is 1. The first kappa shape index (κ1) is 22.0. The van der Waals surface area contributed by atoms with Crippen molar-refractivity contribution in [2.75, 3.05) is 13.2 Å². The van der Waals surface area contributed by atoms with Gasteiger partial charge in [-0.1, -0.05) is 36.0 Å². The van der Waals surface area contributed by atoms with Crippen molar-refractivity contribution < 1.29 is 19.1 Å². The number of benzene rings is 2. The van der Waals surface area contributed by atoms with Crippen molar-refractivity contribution in [1.82, 2.24) is 10.6 Å². The smallest absolute Gasteiger partial charge is 0.339 e. The van der Waals surface area contributed by atoms with E-state index >= 15 is 0 Å². The maximum absolute atomic E-state index is 12.4. The molecule has 0 aliphatic rings. The van der Waals surface area contributed by atoms with E-state index in [1.165, 1.54) is 11.8 Å². The van der Waals surface area contributed by atoms with E-state index in [0.29, 0.717) is 15.4 Å². The summed E-state index contributed by atoms with van der Waals surface area (Å²) in [7, 11) is 0. The summed E-state index contributed by atoms with van der Waals surface area (Å²) in [6.45, 7) is 2.94. The van der Waals surface area contributed by atoms with Crippen LogP contribution in [0.4, 0.5) is 0 Å². The Morgan fingerprint density at radius 2 is 1.69 bits per heavy atom. The molecule has 0 spiro atoms. The molecule has 0 fully saturated rings. The van der Waals surface area contributed by atoms with Crippen LogP contribution in [0.5, 0.6) is 0 Å². The van der Waals surface area contributed by atoms with Gasteiger partial charge in [0.1, 0.15) is 6.07 Å². The van der Waals surface area contributed by atoms with E-state index in [9.17, 15) is 19.6 Å². The summed E-state index contributed by atoms with van der Waals surface area (Å²) in [5.41, 5.74) is 0.787. The van der Waals surface area contributed by atoms with Crippen LogP contribution in [0, 0.1) is 11.3 Å². The molecule has 2 amide bonds. The lowest BCUT2D eigenvalue weighted by molar-refractivity contribution is -0.128. The molecule has 0 saturated carbocycles. The molecule has 0 aliphatic carbocycles. The highest BCUT2D eigenvalue weighted by Gasteiger charge is 2.16. The fourth-order valence-corrected chi connectivity index (χ4v) is 3.32. The van der Waals surface area contributed by atoms with Gasteiger partial charge in [0.2, 0.25) is 5.91 Å². The molecule has 0 bridgehead atoms. The third-order valence-electron chi connectivity index (χ3n) is 3.56. The molecule has 2 aromatic rings. The van der Waals surface area contributed by atoms with E-state index in [1.807, 2.05) is 19.9 Å². The van der Waals surface area contributed by atoms with Gasteiger partial charge in [0.25, 0.3) is 5.91 Å². The van der Waals surface area contributed by atoms with E-state index in [4.69, 9.17) is 4.74 Å². The van der Waals surface area contributed by atoms with Crippen molar-refractivity contribution in [2.45, 2.75) is 29.7 Å². The van der Waals surface area contributed by atoms with Crippen LogP contribution >= 0.6 is 11.8 Å². The molecule has 0 aromatic heterocycles. The van der Waals surface area contributed by atoms with Crippen LogP contribution < -0.4 is 10.6 Å². The average Bonchev–Trinajstić information content (AvgIpc) is 2.70. The summed E-state index contributed by atoms with van der Waals surface area (Å²) in [6, 6.07) is 15.9. The SMILES string of the molecule is CC(C)NC(=O)CNC(=O)COC(=O)c1ccccc1Sc1ccccc1C#N. The van der Waals surface area contributed by atoms with Crippen molar-refractivity contribution >= 4 is 29.5 Å². The van der Waals surface area contributed by atoms with Crippen molar-refractivity contribution in [3.05, 3.63) is 59.7 Å². The minimum atomic E-state index is -0.663. The minimum absolute atomic E-state index is 0.0302. The topological polar surface area (TPSA) is 108 Å². The number of carbonyl (C=O) groups excluding carboxylic acids is 3. The quantitative estimate of drug-likeness (QED) is 0.646. The summed E-state index contributed by atoms with van der Waals surface area (Å²) >= 11 is 1.27. The van der Waals surface area contributed by atoms with E-state index in [2.05, 4.69) is 16.7 Å². The molecule has 2 N–H and O–H groups in total. The maximum Gasteiger partial charge on any atom is 0.339 e. The Bertz CT molecular complexity index is 938. The molecular formula is C21H21N3O4S. The second-order valence-electron chi connectivity index (χ2n) is 6.28. The standard InChI is InChI=1S/C21H21N3O4S/c1-14(2)24-19(25)12-23-20(26)13-28-21(27)16-8-4-6-10-18(16)29-17-9-5-3-7-15(17)11-22/h3-10,14H,12-13H2,1-2H3,(H,23,26)(H,24,25). The van der Waals surface area contributed by atoms with Gasteiger partial charge >= 0.3 is 5.97 Å². The van der Waals surface area contributed by atoms with Crippen LogP contribution in [0.25, 0.3) is 0 Å². The molecule has 2 aromatic carbocycles. The summed E-state index contributed by atoms with van der Waals surface area (Å²) in [4.78, 5) is 37.1. The number of nitrogens with zero attached hydrogens (tertiary/aromatic N) is 1. The van der Waals surface area contributed by atoms with Gasteiger partial charge in [-0.2, -0.15) is 5.26 Å². The fourth-order valence-electron chi connectivity index (χ4n) is 2.30. The first-order valence-electron chi connectivity index (χ1n) is 8.90. The molecule has 0 heterocycles. The van der Waals surface area contributed by atoms with Crippen LogP contribution in [0.15, 0.2) is 58.3 Å². The number of hydrogen-bond acceptors (Lipinski definition) is 6. The number of amides is 2. The van der Waals surface area contributed by atoms with Crippen molar-refractivity contribution in [3.63, 3.8) is 0 Å². The fraction of sp³-hybridized carbons (Fsp3) is 0.238. The molecule has 8 heteroatoms. The highest BCUT2D eigenvalue weighted by atomic mass is 32.2. The average molecular weight is 411 g/mol. The molecule has 0 unspecified atom stereocenters. The van der Waals surface area contributed by atoms with Gasteiger partial charge in [-0.05, 0) is 38.1 Å². The van der Waals surface area contributed by atoms with E-state index in [-0.39, 0.29) is 24.1 Å².